The SMILES string of the molecule is CCOC(=O)c1cc(N)cc2c1OCCO2. The Hall–Kier alpha value is -1.91. The van der Waals surface area contributed by atoms with Gasteiger partial charge in [0, 0.05) is 11.8 Å². The molecule has 5 heteroatoms. The first-order valence-electron chi connectivity index (χ1n) is 5.08. The largest absolute Gasteiger partial charge is 0.486 e. The summed E-state index contributed by atoms with van der Waals surface area (Å²) in [5.41, 5.74) is 6.44. The number of carbonyl (C=O) groups excluding carboxylic acids is 1. The number of rotatable bonds is 2. The van der Waals surface area contributed by atoms with E-state index in [1.165, 1.54) is 6.07 Å². The van der Waals surface area contributed by atoms with Crippen molar-refractivity contribution >= 4 is 11.7 Å². The molecule has 0 fully saturated rings. The van der Waals surface area contributed by atoms with E-state index in [9.17, 15) is 4.79 Å². The smallest absolute Gasteiger partial charge is 0.342 e. The second-order valence-corrected chi connectivity index (χ2v) is 3.31. The van der Waals surface area contributed by atoms with Crippen LogP contribution < -0.4 is 15.2 Å². The van der Waals surface area contributed by atoms with Crippen molar-refractivity contribution in [2.24, 2.45) is 0 Å². The molecule has 1 aliphatic rings. The first-order chi connectivity index (χ1) is 7.72. The van der Waals surface area contributed by atoms with E-state index < -0.39 is 5.97 Å². The lowest BCUT2D eigenvalue weighted by atomic mass is 10.1. The molecule has 1 aromatic rings. The molecule has 0 atom stereocenters. The molecule has 2 rings (SSSR count). The average Bonchev–Trinajstić information content (AvgIpc) is 2.28. The lowest BCUT2D eigenvalue weighted by Crippen LogP contribution is -2.19. The molecular weight excluding hydrogens is 210 g/mol. The van der Waals surface area contributed by atoms with E-state index in [1.54, 1.807) is 13.0 Å². The Morgan fingerprint density at radius 2 is 2.19 bits per heavy atom. The highest BCUT2D eigenvalue weighted by molar-refractivity contribution is 5.95. The maximum Gasteiger partial charge on any atom is 0.342 e. The quantitative estimate of drug-likeness (QED) is 0.603. The summed E-state index contributed by atoms with van der Waals surface area (Å²) in [6.07, 6.45) is 0. The van der Waals surface area contributed by atoms with Crippen LogP contribution in [0.5, 0.6) is 11.5 Å². The number of fused-ring (bicyclic) bond motifs is 1. The number of nitrogen functional groups attached to an aromatic ring is 1. The summed E-state index contributed by atoms with van der Waals surface area (Å²) in [5.74, 6) is 0.463. The molecule has 0 unspecified atom stereocenters. The van der Waals surface area contributed by atoms with Gasteiger partial charge in [0.25, 0.3) is 0 Å². The first-order valence-corrected chi connectivity index (χ1v) is 5.08. The summed E-state index contributed by atoms with van der Waals surface area (Å²) >= 11 is 0. The van der Waals surface area contributed by atoms with Gasteiger partial charge in [-0.15, -0.1) is 0 Å². The second-order valence-electron chi connectivity index (χ2n) is 3.31. The highest BCUT2D eigenvalue weighted by Gasteiger charge is 2.22. The molecule has 0 aliphatic carbocycles. The average molecular weight is 223 g/mol. The van der Waals surface area contributed by atoms with Crippen LogP contribution >= 0.6 is 0 Å². The van der Waals surface area contributed by atoms with Crippen molar-refractivity contribution in [3.63, 3.8) is 0 Å². The van der Waals surface area contributed by atoms with Gasteiger partial charge in [0.1, 0.15) is 18.8 Å². The Kier molecular flexibility index (Phi) is 2.85. The Morgan fingerprint density at radius 3 is 2.94 bits per heavy atom. The predicted octanol–water partition coefficient (Wildman–Crippen LogP) is 1.22. The third kappa shape index (κ3) is 1.88. The fraction of sp³-hybridized carbons (Fsp3) is 0.364. The summed E-state index contributed by atoms with van der Waals surface area (Å²) in [5, 5.41) is 0. The Bertz CT molecular complexity index is 417. The molecule has 0 spiro atoms. The molecule has 86 valence electrons. The van der Waals surface area contributed by atoms with Crippen LogP contribution in [-0.2, 0) is 4.74 Å². The molecule has 0 aromatic heterocycles. The van der Waals surface area contributed by atoms with Gasteiger partial charge >= 0.3 is 5.97 Å². The zero-order chi connectivity index (χ0) is 11.5. The van der Waals surface area contributed by atoms with Crippen LogP contribution in [0.2, 0.25) is 0 Å². The summed E-state index contributed by atoms with van der Waals surface area (Å²) in [6.45, 7) is 2.93. The number of hydrogen-bond donors (Lipinski definition) is 1. The molecule has 0 saturated carbocycles. The fourth-order valence-corrected chi connectivity index (χ4v) is 1.54. The summed E-state index contributed by atoms with van der Waals surface area (Å²) in [4.78, 5) is 11.7. The fourth-order valence-electron chi connectivity index (χ4n) is 1.54. The number of ether oxygens (including phenoxy) is 3. The minimum atomic E-state index is -0.448. The summed E-state index contributed by atoms with van der Waals surface area (Å²) < 4.78 is 15.7. The van der Waals surface area contributed by atoms with Crippen molar-refractivity contribution in [2.75, 3.05) is 25.6 Å². The minimum Gasteiger partial charge on any atom is -0.486 e. The Labute approximate surface area is 93.1 Å². The maximum absolute atomic E-state index is 11.7. The normalized spacial score (nSPS) is 13.3. The van der Waals surface area contributed by atoms with Crippen LogP contribution in [0.4, 0.5) is 5.69 Å². The van der Waals surface area contributed by atoms with Crippen LogP contribution in [0.25, 0.3) is 0 Å². The van der Waals surface area contributed by atoms with E-state index in [1.807, 2.05) is 0 Å². The number of anilines is 1. The number of carbonyl (C=O) groups is 1. The molecule has 2 N–H and O–H groups in total. The number of hydrogen-bond acceptors (Lipinski definition) is 5. The Balaban J connectivity index is 2.43. The topological polar surface area (TPSA) is 70.8 Å². The van der Waals surface area contributed by atoms with Gasteiger partial charge < -0.3 is 19.9 Å². The molecule has 5 nitrogen and oxygen atoms in total. The van der Waals surface area contributed by atoms with Gasteiger partial charge in [0.05, 0.1) is 6.61 Å². The number of esters is 1. The van der Waals surface area contributed by atoms with E-state index in [2.05, 4.69) is 0 Å². The summed E-state index contributed by atoms with van der Waals surface area (Å²) in [7, 11) is 0. The van der Waals surface area contributed by atoms with Gasteiger partial charge in [0.15, 0.2) is 11.5 Å². The highest BCUT2D eigenvalue weighted by Crippen LogP contribution is 2.36. The van der Waals surface area contributed by atoms with Crippen LogP contribution in [0.15, 0.2) is 12.1 Å². The lowest BCUT2D eigenvalue weighted by molar-refractivity contribution is 0.0516. The van der Waals surface area contributed by atoms with E-state index in [0.717, 1.165) is 0 Å². The van der Waals surface area contributed by atoms with E-state index in [4.69, 9.17) is 19.9 Å². The maximum atomic E-state index is 11.7. The van der Waals surface area contributed by atoms with Crippen molar-refractivity contribution in [3.8, 4) is 11.5 Å². The zero-order valence-corrected chi connectivity index (χ0v) is 8.99. The monoisotopic (exact) mass is 223 g/mol. The zero-order valence-electron chi connectivity index (χ0n) is 8.99. The molecule has 1 heterocycles. The van der Waals surface area contributed by atoms with E-state index in [0.29, 0.717) is 42.6 Å². The van der Waals surface area contributed by atoms with Crippen LogP contribution in [0.1, 0.15) is 17.3 Å². The first kappa shape index (κ1) is 10.6. The molecule has 16 heavy (non-hydrogen) atoms. The van der Waals surface area contributed by atoms with E-state index >= 15 is 0 Å². The third-order valence-corrected chi connectivity index (χ3v) is 2.16. The van der Waals surface area contributed by atoms with Crippen molar-refractivity contribution < 1.29 is 19.0 Å². The lowest BCUT2D eigenvalue weighted by Gasteiger charge is -2.20. The minimum absolute atomic E-state index is 0.309. The molecule has 0 radical (unpaired) electrons. The van der Waals surface area contributed by atoms with Crippen molar-refractivity contribution in [1.29, 1.82) is 0 Å². The molecule has 0 amide bonds. The molecule has 0 bridgehead atoms. The van der Waals surface area contributed by atoms with Gasteiger partial charge in [0.2, 0.25) is 0 Å². The number of nitrogens with two attached hydrogens (primary N) is 1. The van der Waals surface area contributed by atoms with Crippen LogP contribution in [-0.4, -0.2) is 25.8 Å². The van der Waals surface area contributed by atoms with Gasteiger partial charge in [-0.05, 0) is 13.0 Å². The molecule has 1 aliphatic heterocycles. The molecule has 1 aromatic carbocycles. The predicted molar refractivity (Wildman–Crippen MR) is 57.8 cm³/mol. The van der Waals surface area contributed by atoms with Gasteiger partial charge in [-0.1, -0.05) is 0 Å². The summed E-state index contributed by atoms with van der Waals surface area (Å²) in [6, 6.07) is 3.17. The van der Waals surface area contributed by atoms with Gasteiger partial charge in [-0.25, -0.2) is 4.79 Å². The van der Waals surface area contributed by atoms with Crippen LogP contribution in [0, 0.1) is 0 Å². The Morgan fingerprint density at radius 1 is 1.44 bits per heavy atom. The van der Waals surface area contributed by atoms with Crippen molar-refractivity contribution in [3.05, 3.63) is 17.7 Å². The second kappa shape index (κ2) is 4.30. The van der Waals surface area contributed by atoms with Gasteiger partial charge in [-0.2, -0.15) is 0 Å². The van der Waals surface area contributed by atoms with Gasteiger partial charge in [-0.3, -0.25) is 0 Å². The molecule has 0 saturated heterocycles. The van der Waals surface area contributed by atoms with Crippen molar-refractivity contribution in [1.82, 2.24) is 0 Å². The van der Waals surface area contributed by atoms with E-state index in [-0.39, 0.29) is 0 Å². The highest BCUT2D eigenvalue weighted by atomic mass is 16.6. The number of benzene rings is 1. The standard InChI is InChI=1S/C11H13NO4/c1-2-14-11(13)8-5-7(12)6-9-10(8)16-4-3-15-9/h5-6H,2-4,12H2,1H3. The third-order valence-electron chi connectivity index (χ3n) is 2.16. The molecular formula is C11H13NO4. The van der Waals surface area contributed by atoms with Crippen molar-refractivity contribution in [2.45, 2.75) is 6.92 Å². The van der Waals surface area contributed by atoms with Crippen LogP contribution in [0.3, 0.4) is 0 Å².